The second kappa shape index (κ2) is 10.6. The summed E-state index contributed by atoms with van der Waals surface area (Å²) in [7, 11) is 0. The summed E-state index contributed by atoms with van der Waals surface area (Å²) in [6, 6.07) is 27.3. The Bertz CT molecular complexity index is 1990. The average Bonchev–Trinajstić information content (AvgIpc) is 3.73. The van der Waals surface area contributed by atoms with Crippen LogP contribution in [0.2, 0.25) is 0 Å². The fourth-order valence-electron chi connectivity index (χ4n) is 5.14. The van der Waals surface area contributed by atoms with Gasteiger partial charge in [0, 0.05) is 11.1 Å². The van der Waals surface area contributed by atoms with Crippen LogP contribution in [0.5, 0.6) is 0 Å². The Morgan fingerprint density at radius 2 is 1.69 bits per heavy atom. The Hall–Kier alpha value is -4.80. The first kappa shape index (κ1) is 26.1. The number of fused-ring (bicyclic) bond motifs is 2. The van der Waals surface area contributed by atoms with Crippen LogP contribution in [0.3, 0.4) is 0 Å². The number of Topliss-reactive ketones (excluding diaryl/α,β-unsaturated/α-hetero) is 1. The lowest BCUT2D eigenvalue weighted by Gasteiger charge is -2.23. The quantitative estimate of drug-likeness (QED) is 0.115. The number of aliphatic hydroxyl groups excluding tert-OH is 1. The molecule has 0 spiro atoms. The number of furan rings is 1. The first-order valence-electron chi connectivity index (χ1n) is 13.0. The van der Waals surface area contributed by atoms with Crippen molar-refractivity contribution in [1.82, 2.24) is 10.2 Å². The highest BCUT2D eigenvalue weighted by Crippen LogP contribution is 2.44. The molecule has 7 rings (SSSR count). The maximum Gasteiger partial charge on any atom is 0.296 e. The normalized spacial score (nSPS) is 15.3. The van der Waals surface area contributed by atoms with Crippen LogP contribution >= 0.6 is 23.1 Å². The Balaban J connectivity index is 1.23. The zero-order chi connectivity index (χ0) is 28.8. The Labute approximate surface area is 246 Å². The van der Waals surface area contributed by atoms with Gasteiger partial charge in [-0.25, -0.2) is 4.39 Å². The van der Waals surface area contributed by atoms with E-state index in [-0.39, 0.29) is 16.5 Å². The minimum atomic E-state index is -1.07. The average molecular weight is 594 g/mol. The molecular formula is C32H20FN3O4S2. The summed E-state index contributed by atoms with van der Waals surface area (Å²) in [6.07, 6.45) is 0. The van der Waals surface area contributed by atoms with Crippen LogP contribution in [0.4, 0.5) is 9.52 Å². The third kappa shape index (κ3) is 4.54. The molecule has 1 atom stereocenters. The van der Waals surface area contributed by atoms with Gasteiger partial charge in [-0.1, -0.05) is 95.9 Å². The number of ketones is 1. The molecule has 1 aliphatic heterocycles. The number of carbonyl (C=O) groups is 2. The van der Waals surface area contributed by atoms with Crippen LogP contribution in [0.15, 0.2) is 117 Å². The van der Waals surface area contributed by atoms with E-state index >= 15 is 0 Å². The van der Waals surface area contributed by atoms with Crippen molar-refractivity contribution in [3.8, 4) is 0 Å². The Morgan fingerprint density at radius 1 is 0.952 bits per heavy atom. The van der Waals surface area contributed by atoms with Crippen LogP contribution in [0, 0.1) is 5.82 Å². The third-order valence-electron chi connectivity index (χ3n) is 7.12. The minimum absolute atomic E-state index is 0.0249. The predicted octanol–water partition coefficient (Wildman–Crippen LogP) is 7.65. The Morgan fingerprint density at radius 3 is 2.50 bits per heavy atom. The van der Waals surface area contributed by atoms with Crippen molar-refractivity contribution in [2.45, 2.75) is 16.1 Å². The van der Waals surface area contributed by atoms with Gasteiger partial charge in [0.25, 0.3) is 5.91 Å². The van der Waals surface area contributed by atoms with Crippen LogP contribution in [-0.4, -0.2) is 27.0 Å². The van der Waals surface area contributed by atoms with Crippen molar-refractivity contribution in [3.05, 3.63) is 131 Å². The number of aliphatic hydroxyl groups is 1. The summed E-state index contributed by atoms with van der Waals surface area (Å²) in [5.74, 6) is -2.03. The molecule has 4 aromatic carbocycles. The third-order valence-corrected chi connectivity index (χ3v) is 9.23. The van der Waals surface area contributed by atoms with Gasteiger partial charge in [0.1, 0.15) is 11.4 Å². The van der Waals surface area contributed by atoms with E-state index in [1.54, 1.807) is 24.3 Å². The van der Waals surface area contributed by atoms with Crippen molar-refractivity contribution < 1.29 is 23.5 Å². The fourth-order valence-corrected chi connectivity index (χ4v) is 7.01. The first-order valence-corrected chi connectivity index (χ1v) is 14.8. The SMILES string of the molecule is O=C(C1=C(O)C(=O)N(c2nnc(SCc3cccc4ccccc34)s2)C1c1ccc(F)cc1)c1cc2ccccc2o1. The summed E-state index contributed by atoms with van der Waals surface area (Å²) < 4.78 is 20.2. The number of halogens is 1. The van der Waals surface area contributed by atoms with E-state index < -0.39 is 29.3 Å². The highest BCUT2D eigenvalue weighted by Gasteiger charge is 2.46. The molecular weight excluding hydrogens is 574 g/mol. The number of anilines is 1. The summed E-state index contributed by atoms with van der Waals surface area (Å²) >= 11 is 2.65. The van der Waals surface area contributed by atoms with E-state index in [4.69, 9.17) is 4.42 Å². The lowest BCUT2D eigenvalue weighted by Crippen LogP contribution is -2.31. The summed E-state index contributed by atoms with van der Waals surface area (Å²) in [6.45, 7) is 0. The van der Waals surface area contributed by atoms with Gasteiger partial charge in [-0.05, 0) is 46.2 Å². The summed E-state index contributed by atoms with van der Waals surface area (Å²) in [4.78, 5) is 28.5. The van der Waals surface area contributed by atoms with Crippen molar-refractivity contribution in [3.63, 3.8) is 0 Å². The van der Waals surface area contributed by atoms with Crippen LogP contribution in [0.25, 0.3) is 21.7 Å². The molecule has 0 aliphatic carbocycles. The van der Waals surface area contributed by atoms with Crippen LogP contribution in [0.1, 0.15) is 27.7 Å². The maximum absolute atomic E-state index is 13.9. The highest BCUT2D eigenvalue weighted by molar-refractivity contribution is 8.00. The van der Waals surface area contributed by atoms with Crippen LogP contribution < -0.4 is 4.90 Å². The molecule has 0 bridgehead atoms. The van der Waals surface area contributed by atoms with Crippen molar-refractivity contribution in [1.29, 1.82) is 0 Å². The van der Waals surface area contributed by atoms with Crippen LogP contribution in [-0.2, 0) is 10.5 Å². The number of hydrogen-bond acceptors (Lipinski definition) is 8. The molecule has 42 heavy (non-hydrogen) atoms. The minimum Gasteiger partial charge on any atom is -0.503 e. The van der Waals surface area contributed by atoms with E-state index in [0.29, 0.717) is 26.6 Å². The van der Waals surface area contributed by atoms with E-state index in [0.717, 1.165) is 16.3 Å². The zero-order valence-electron chi connectivity index (χ0n) is 21.7. The number of rotatable bonds is 7. The second-order valence-electron chi connectivity index (χ2n) is 9.65. The lowest BCUT2D eigenvalue weighted by atomic mass is 9.95. The van der Waals surface area contributed by atoms with Gasteiger partial charge in [-0.15, -0.1) is 10.2 Å². The van der Waals surface area contributed by atoms with Gasteiger partial charge in [0.05, 0.1) is 11.6 Å². The standard InChI is InChI=1S/C32H20FN3O4S2/c33-22-14-12-19(13-15-22)27-26(28(37)25-16-20-7-2-4-11-24(20)40-25)29(38)30(39)36(27)31-34-35-32(42-31)41-17-21-9-5-8-18-6-1-3-10-23(18)21/h1-16,27,38H,17H2. The molecule has 1 aliphatic rings. The molecule has 6 aromatic rings. The number of para-hydroxylation sites is 1. The number of nitrogens with zero attached hydrogens (tertiary/aromatic N) is 3. The zero-order valence-corrected chi connectivity index (χ0v) is 23.4. The smallest absolute Gasteiger partial charge is 0.296 e. The topological polar surface area (TPSA) is 96.5 Å². The molecule has 1 N–H and O–H groups in total. The molecule has 7 nitrogen and oxygen atoms in total. The van der Waals surface area contributed by atoms with Gasteiger partial charge in [-0.3, -0.25) is 14.5 Å². The predicted molar refractivity (Wildman–Crippen MR) is 160 cm³/mol. The van der Waals surface area contributed by atoms with Gasteiger partial charge in [0.15, 0.2) is 15.9 Å². The van der Waals surface area contributed by atoms with E-state index in [1.807, 2.05) is 24.3 Å². The van der Waals surface area contributed by atoms with Crippen molar-refractivity contribution in [2.24, 2.45) is 0 Å². The van der Waals surface area contributed by atoms with E-state index in [2.05, 4.69) is 34.5 Å². The first-order chi connectivity index (χ1) is 20.5. The maximum atomic E-state index is 13.9. The fraction of sp³-hybridized carbons (Fsp3) is 0.0625. The van der Waals surface area contributed by atoms with Gasteiger partial charge in [0.2, 0.25) is 10.9 Å². The number of carbonyl (C=O) groups excluding carboxylic acids is 2. The molecule has 1 unspecified atom stereocenters. The second-order valence-corrected chi connectivity index (χ2v) is 11.8. The van der Waals surface area contributed by atoms with Crippen molar-refractivity contribution >= 4 is 61.7 Å². The number of benzene rings is 4. The van der Waals surface area contributed by atoms with Gasteiger partial charge < -0.3 is 9.52 Å². The molecule has 1 amide bonds. The molecule has 0 fully saturated rings. The highest BCUT2D eigenvalue weighted by atomic mass is 32.2. The number of aromatic nitrogens is 2. The Kier molecular flexibility index (Phi) is 6.56. The molecule has 10 heteroatoms. The summed E-state index contributed by atoms with van der Waals surface area (Å²) in [5, 5.41) is 22.8. The van der Waals surface area contributed by atoms with E-state index in [1.165, 1.54) is 52.3 Å². The van der Waals surface area contributed by atoms with Crippen molar-refractivity contribution in [2.75, 3.05) is 4.90 Å². The largest absolute Gasteiger partial charge is 0.503 e. The lowest BCUT2D eigenvalue weighted by molar-refractivity contribution is -0.117. The monoisotopic (exact) mass is 593 g/mol. The molecule has 0 saturated carbocycles. The molecule has 3 heterocycles. The molecule has 0 radical (unpaired) electrons. The van der Waals surface area contributed by atoms with Gasteiger partial charge >= 0.3 is 0 Å². The van der Waals surface area contributed by atoms with Gasteiger partial charge in [-0.2, -0.15) is 0 Å². The number of hydrogen-bond donors (Lipinski definition) is 1. The summed E-state index contributed by atoms with van der Waals surface area (Å²) in [5.41, 5.74) is 1.88. The number of amides is 1. The molecule has 0 saturated heterocycles. The molecule has 2 aromatic heterocycles. The van der Waals surface area contributed by atoms with E-state index in [9.17, 15) is 19.1 Å². The number of thioether (sulfide) groups is 1. The molecule has 206 valence electrons.